The normalized spacial score (nSPS) is 21.3. The van der Waals surface area contributed by atoms with Crippen LogP contribution in [0, 0.1) is 0 Å². The van der Waals surface area contributed by atoms with Crippen LogP contribution in [0.2, 0.25) is 0 Å². The molecule has 2 amide bonds. The van der Waals surface area contributed by atoms with E-state index in [0.29, 0.717) is 36.7 Å². The third-order valence-corrected chi connectivity index (χ3v) is 7.47. The van der Waals surface area contributed by atoms with Crippen LogP contribution in [0.4, 0.5) is 0 Å². The van der Waals surface area contributed by atoms with Crippen LogP contribution in [0.25, 0.3) is 11.5 Å². The first-order valence-corrected chi connectivity index (χ1v) is 12.8. The molecule has 3 aromatic rings. The monoisotopic (exact) mass is 474 g/mol. The number of nitrogens with zero attached hydrogens (tertiary/aromatic N) is 3. The molecule has 0 spiro atoms. The number of aromatic nitrogens is 2. The van der Waals surface area contributed by atoms with Crippen LogP contribution < -0.4 is 5.32 Å². The van der Waals surface area contributed by atoms with Gasteiger partial charge in [-0.25, -0.2) is 0 Å². The Morgan fingerprint density at radius 3 is 2.54 bits per heavy atom. The van der Waals surface area contributed by atoms with E-state index < -0.39 is 5.54 Å². The molecule has 1 aliphatic carbocycles. The maximum Gasteiger partial charge on any atom is 0.273 e. The number of hydrogen-bond acceptors (Lipinski definition) is 4. The molecule has 3 heterocycles. The lowest BCUT2D eigenvalue weighted by atomic mass is 9.92. The van der Waals surface area contributed by atoms with Crippen molar-refractivity contribution in [1.82, 2.24) is 20.0 Å². The van der Waals surface area contributed by atoms with Crippen molar-refractivity contribution in [3.05, 3.63) is 66.1 Å². The van der Waals surface area contributed by atoms with Crippen LogP contribution in [-0.2, 0) is 17.8 Å². The van der Waals surface area contributed by atoms with Crippen molar-refractivity contribution >= 4 is 11.8 Å². The molecule has 0 bridgehead atoms. The minimum atomic E-state index is -1.03. The van der Waals surface area contributed by atoms with E-state index in [4.69, 9.17) is 4.42 Å². The minimum absolute atomic E-state index is 0.0924. The molecule has 0 radical (unpaired) electrons. The molecule has 0 unspecified atom stereocenters. The van der Waals surface area contributed by atoms with Crippen molar-refractivity contribution in [2.45, 2.75) is 76.4 Å². The lowest BCUT2D eigenvalue weighted by Gasteiger charge is -2.44. The molecular formula is C28H34N4O3. The molecule has 1 saturated carbocycles. The van der Waals surface area contributed by atoms with Gasteiger partial charge in [0.2, 0.25) is 5.91 Å². The van der Waals surface area contributed by atoms with E-state index in [1.54, 1.807) is 28.0 Å². The minimum Gasteiger partial charge on any atom is -0.463 e. The highest BCUT2D eigenvalue weighted by Crippen LogP contribution is 2.31. The first kappa shape index (κ1) is 23.4. The Balaban J connectivity index is 1.43. The van der Waals surface area contributed by atoms with Crippen LogP contribution in [0.1, 0.15) is 67.9 Å². The maximum atomic E-state index is 13.8. The SMILES string of the molecule is C[C@]1(C(=O)NC2CCCCCCC2)Cn2nc(-c3ccco3)cc2C(=O)N1CCc1ccccc1. The van der Waals surface area contributed by atoms with Gasteiger partial charge in [0, 0.05) is 18.7 Å². The topological polar surface area (TPSA) is 80.4 Å². The summed E-state index contributed by atoms with van der Waals surface area (Å²) in [5, 5.41) is 7.96. The Bertz CT molecular complexity index is 1150. The van der Waals surface area contributed by atoms with Crippen LogP contribution in [0.15, 0.2) is 59.2 Å². The lowest BCUT2D eigenvalue weighted by Crippen LogP contribution is -2.65. The Labute approximate surface area is 206 Å². The molecule has 1 aromatic carbocycles. The average molecular weight is 475 g/mol. The summed E-state index contributed by atoms with van der Waals surface area (Å²) in [5.41, 5.74) is 1.19. The summed E-state index contributed by atoms with van der Waals surface area (Å²) in [4.78, 5) is 29.4. The van der Waals surface area contributed by atoms with Gasteiger partial charge in [-0.15, -0.1) is 0 Å². The molecule has 1 aliphatic heterocycles. The molecule has 2 aromatic heterocycles. The fourth-order valence-electron chi connectivity index (χ4n) is 5.36. The summed E-state index contributed by atoms with van der Waals surface area (Å²) < 4.78 is 7.18. The Hall–Kier alpha value is -3.35. The second-order valence-corrected chi connectivity index (χ2v) is 10.0. The van der Waals surface area contributed by atoms with Crippen molar-refractivity contribution in [2.75, 3.05) is 6.54 Å². The van der Waals surface area contributed by atoms with E-state index in [9.17, 15) is 9.59 Å². The van der Waals surface area contributed by atoms with Crippen LogP contribution in [0.5, 0.6) is 0 Å². The second-order valence-electron chi connectivity index (χ2n) is 10.0. The quantitative estimate of drug-likeness (QED) is 0.555. The summed E-state index contributed by atoms with van der Waals surface area (Å²) in [6.45, 7) is 2.64. The van der Waals surface area contributed by atoms with Gasteiger partial charge >= 0.3 is 0 Å². The van der Waals surface area contributed by atoms with E-state index in [1.807, 2.05) is 31.2 Å². The summed E-state index contributed by atoms with van der Waals surface area (Å²) in [5.74, 6) is 0.342. The molecule has 1 atom stereocenters. The van der Waals surface area contributed by atoms with Gasteiger partial charge in [-0.1, -0.05) is 62.4 Å². The van der Waals surface area contributed by atoms with Crippen molar-refractivity contribution in [2.24, 2.45) is 0 Å². The summed E-state index contributed by atoms with van der Waals surface area (Å²) in [6.07, 6.45) is 10.2. The molecule has 0 saturated heterocycles. The number of hydrogen-bond donors (Lipinski definition) is 1. The standard InChI is InChI=1S/C28H34N4O3/c1-28(27(34)29-22-13-8-3-2-4-9-14-22)20-32-24(19-23(30-32)25-15-10-18-35-25)26(33)31(28)17-16-21-11-6-5-7-12-21/h5-7,10-12,15,18-19,22H,2-4,8-9,13-14,16-17,20H2,1H3,(H,29,34)/t28-/m1/s1. The number of benzene rings is 1. The zero-order valence-corrected chi connectivity index (χ0v) is 20.4. The smallest absolute Gasteiger partial charge is 0.273 e. The van der Waals surface area contributed by atoms with Gasteiger partial charge in [0.25, 0.3) is 5.91 Å². The van der Waals surface area contributed by atoms with E-state index in [0.717, 1.165) is 31.2 Å². The fourth-order valence-corrected chi connectivity index (χ4v) is 5.36. The van der Waals surface area contributed by atoms with Crippen LogP contribution >= 0.6 is 0 Å². The van der Waals surface area contributed by atoms with Gasteiger partial charge in [-0.05, 0) is 43.9 Å². The zero-order valence-electron chi connectivity index (χ0n) is 20.4. The number of furan rings is 1. The molecule has 35 heavy (non-hydrogen) atoms. The predicted octanol–water partition coefficient (Wildman–Crippen LogP) is 4.83. The Kier molecular flexibility index (Phi) is 6.75. The number of fused-ring (bicyclic) bond motifs is 1. The molecular weight excluding hydrogens is 440 g/mol. The fraction of sp³-hybridized carbons (Fsp3) is 0.464. The van der Waals surface area contributed by atoms with Gasteiger partial charge in [0.15, 0.2) is 5.76 Å². The molecule has 7 heteroatoms. The third kappa shape index (κ3) is 4.90. The van der Waals surface area contributed by atoms with Gasteiger partial charge in [-0.3, -0.25) is 14.3 Å². The molecule has 7 nitrogen and oxygen atoms in total. The highest BCUT2D eigenvalue weighted by atomic mass is 16.3. The second kappa shape index (κ2) is 10.1. The van der Waals surface area contributed by atoms with Gasteiger partial charge in [-0.2, -0.15) is 5.10 Å². The summed E-state index contributed by atoms with van der Waals surface area (Å²) in [7, 11) is 0. The Morgan fingerprint density at radius 2 is 1.83 bits per heavy atom. The van der Waals surface area contributed by atoms with E-state index in [2.05, 4.69) is 22.5 Å². The molecule has 184 valence electrons. The zero-order chi connectivity index (χ0) is 24.3. The predicted molar refractivity (Wildman–Crippen MR) is 134 cm³/mol. The number of nitrogens with one attached hydrogen (secondary N) is 1. The van der Waals surface area contributed by atoms with Crippen molar-refractivity contribution in [3.63, 3.8) is 0 Å². The van der Waals surface area contributed by atoms with Crippen molar-refractivity contribution in [1.29, 1.82) is 0 Å². The third-order valence-electron chi connectivity index (χ3n) is 7.47. The van der Waals surface area contributed by atoms with Gasteiger partial charge < -0.3 is 14.6 Å². The molecule has 1 N–H and O–H groups in total. The summed E-state index contributed by atoms with van der Waals surface area (Å²) in [6, 6.07) is 15.6. The van der Waals surface area contributed by atoms with Gasteiger partial charge in [0.1, 0.15) is 16.9 Å². The highest BCUT2D eigenvalue weighted by Gasteiger charge is 2.48. The van der Waals surface area contributed by atoms with Crippen LogP contribution in [0.3, 0.4) is 0 Å². The van der Waals surface area contributed by atoms with Crippen molar-refractivity contribution in [3.8, 4) is 11.5 Å². The molecule has 5 rings (SSSR count). The number of carbonyl (C=O) groups excluding carboxylic acids is 2. The maximum absolute atomic E-state index is 13.8. The van der Waals surface area contributed by atoms with E-state index in [1.165, 1.54) is 19.3 Å². The number of carbonyl (C=O) groups is 2. The first-order valence-electron chi connectivity index (χ1n) is 12.8. The lowest BCUT2D eigenvalue weighted by molar-refractivity contribution is -0.134. The van der Waals surface area contributed by atoms with E-state index in [-0.39, 0.29) is 17.9 Å². The summed E-state index contributed by atoms with van der Waals surface area (Å²) >= 11 is 0. The van der Waals surface area contributed by atoms with Crippen LogP contribution in [-0.4, -0.2) is 44.6 Å². The number of amides is 2. The van der Waals surface area contributed by atoms with Crippen molar-refractivity contribution < 1.29 is 14.0 Å². The largest absolute Gasteiger partial charge is 0.463 e. The average Bonchev–Trinajstić information content (AvgIpc) is 3.51. The number of rotatable bonds is 6. The highest BCUT2D eigenvalue weighted by molar-refractivity contribution is 6.00. The van der Waals surface area contributed by atoms with E-state index >= 15 is 0 Å². The molecule has 1 fully saturated rings. The first-order chi connectivity index (χ1) is 17.0. The molecule has 2 aliphatic rings. The van der Waals surface area contributed by atoms with Gasteiger partial charge in [0.05, 0.1) is 12.8 Å². The Morgan fingerprint density at radius 1 is 1.09 bits per heavy atom.